The first kappa shape index (κ1) is 20.7. The second-order valence-electron chi connectivity index (χ2n) is 6.36. The zero-order valence-electron chi connectivity index (χ0n) is 16.0. The van der Waals surface area contributed by atoms with Crippen LogP contribution in [0.1, 0.15) is 16.7 Å². The van der Waals surface area contributed by atoms with Crippen molar-refractivity contribution in [3.05, 3.63) is 101 Å². The highest BCUT2D eigenvalue weighted by molar-refractivity contribution is 6.35. The molecule has 0 aliphatic heterocycles. The number of hydrazone groups is 1. The Hall–Kier alpha value is -4.00. The standard InChI is InChI=1S/C23H20FN3O3/c24-20-8-4-7-19(13-20)16-30-21-11-9-18(10-12-21)15-26-27-23(29)22(28)25-14-17-5-2-1-3-6-17/h1-13,15H,14,16H2,(H,25,28)(H,27,29)/b26-15-. The van der Waals surface area contributed by atoms with Crippen molar-refractivity contribution in [3.63, 3.8) is 0 Å². The summed E-state index contributed by atoms with van der Waals surface area (Å²) in [6, 6.07) is 22.4. The maximum absolute atomic E-state index is 13.2. The summed E-state index contributed by atoms with van der Waals surface area (Å²) in [6.45, 7) is 0.507. The molecule has 0 atom stereocenters. The van der Waals surface area contributed by atoms with E-state index in [0.717, 1.165) is 11.1 Å². The Balaban J connectivity index is 1.43. The van der Waals surface area contributed by atoms with Crippen LogP contribution in [-0.4, -0.2) is 18.0 Å². The van der Waals surface area contributed by atoms with Crippen LogP contribution in [0.25, 0.3) is 0 Å². The minimum absolute atomic E-state index is 0.249. The molecule has 6 nitrogen and oxygen atoms in total. The molecular formula is C23H20FN3O3. The number of hydrogen-bond acceptors (Lipinski definition) is 4. The highest BCUT2D eigenvalue weighted by Gasteiger charge is 2.11. The molecule has 0 spiro atoms. The maximum Gasteiger partial charge on any atom is 0.329 e. The summed E-state index contributed by atoms with van der Waals surface area (Å²) in [5.74, 6) is -1.31. The molecule has 0 bridgehead atoms. The molecule has 152 valence electrons. The maximum atomic E-state index is 13.2. The number of nitrogens with one attached hydrogen (secondary N) is 2. The third-order valence-corrected chi connectivity index (χ3v) is 4.06. The summed E-state index contributed by atoms with van der Waals surface area (Å²) < 4.78 is 18.8. The second-order valence-corrected chi connectivity index (χ2v) is 6.36. The van der Waals surface area contributed by atoms with Gasteiger partial charge in [-0.25, -0.2) is 9.82 Å². The fourth-order valence-electron chi connectivity index (χ4n) is 2.52. The van der Waals surface area contributed by atoms with Gasteiger partial charge in [-0.15, -0.1) is 0 Å². The lowest BCUT2D eigenvalue weighted by molar-refractivity contribution is -0.139. The van der Waals surface area contributed by atoms with Crippen molar-refractivity contribution < 1.29 is 18.7 Å². The summed E-state index contributed by atoms with van der Waals surface area (Å²) in [5.41, 5.74) is 4.51. The predicted molar refractivity (Wildman–Crippen MR) is 111 cm³/mol. The van der Waals surface area contributed by atoms with Crippen LogP contribution in [-0.2, 0) is 22.7 Å². The van der Waals surface area contributed by atoms with E-state index in [1.165, 1.54) is 18.3 Å². The van der Waals surface area contributed by atoms with Gasteiger partial charge in [-0.05, 0) is 53.1 Å². The van der Waals surface area contributed by atoms with Crippen molar-refractivity contribution >= 4 is 18.0 Å². The highest BCUT2D eigenvalue weighted by Crippen LogP contribution is 2.14. The van der Waals surface area contributed by atoms with Gasteiger partial charge in [0.2, 0.25) is 0 Å². The molecule has 30 heavy (non-hydrogen) atoms. The first-order chi connectivity index (χ1) is 14.6. The molecule has 0 radical (unpaired) electrons. The van der Waals surface area contributed by atoms with Gasteiger partial charge in [0.25, 0.3) is 0 Å². The van der Waals surface area contributed by atoms with Gasteiger partial charge in [0.15, 0.2) is 0 Å². The molecule has 7 heteroatoms. The van der Waals surface area contributed by atoms with Crippen LogP contribution in [0.2, 0.25) is 0 Å². The Bertz CT molecular complexity index is 1020. The fourth-order valence-corrected chi connectivity index (χ4v) is 2.52. The molecule has 3 aromatic rings. The zero-order valence-corrected chi connectivity index (χ0v) is 16.0. The lowest BCUT2D eigenvalue weighted by atomic mass is 10.2. The monoisotopic (exact) mass is 405 g/mol. The van der Waals surface area contributed by atoms with Gasteiger partial charge < -0.3 is 10.1 Å². The molecule has 0 heterocycles. The van der Waals surface area contributed by atoms with E-state index >= 15 is 0 Å². The van der Waals surface area contributed by atoms with Crippen molar-refractivity contribution in [2.45, 2.75) is 13.2 Å². The van der Waals surface area contributed by atoms with Gasteiger partial charge in [0.05, 0.1) is 6.21 Å². The van der Waals surface area contributed by atoms with Crippen LogP contribution < -0.4 is 15.5 Å². The smallest absolute Gasteiger partial charge is 0.329 e. The lowest BCUT2D eigenvalue weighted by Gasteiger charge is -2.06. The molecule has 0 saturated carbocycles. The predicted octanol–water partition coefficient (Wildman–Crippen LogP) is 3.17. The Kier molecular flexibility index (Phi) is 7.27. The number of carbonyl (C=O) groups is 2. The summed E-state index contributed by atoms with van der Waals surface area (Å²) in [5, 5.41) is 6.30. The largest absolute Gasteiger partial charge is 0.489 e. The molecular weight excluding hydrogens is 385 g/mol. The van der Waals surface area contributed by atoms with Crippen LogP contribution >= 0.6 is 0 Å². The van der Waals surface area contributed by atoms with E-state index in [1.807, 2.05) is 30.3 Å². The van der Waals surface area contributed by atoms with Gasteiger partial charge in [0, 0.05) is 6.54 Å². The Morgan fingerprint density at radius 2 is 1.63 bits per heavy atom. The third kappa shape index (κ3) is 6.56. The van der Waals surface area contributed by atoms with E-state index in [2.05, 4.69) is 15.8 Å². The highest BCUT2D eigenvalue weighted by atomic mass is 19.1. The minimum atomic E-state index is -0.850. The van der Waals surface area contributed by atoms with Crippen LogP contribution in [0, 0.1) is 5.82 Å². The Labute approximate surface area is 173 Å². The van der Waals surface area contributed by atoms with Crippen molar-refractivity contribution in [1.82, 2.24) is 10.7 Å². The first-order valence-corrected chi connectivity index (χ1v) is 9.22. The molecule has 0 aliphatic carbocycles. The van der Waals surface area contributed by atoms with E-state index in [-0.39, 0.29) is 19.0 Å². The second kappa shape index (κ2) is 10.5. The number of halogens is 1. The summed E-state index contributed by atoms with van der Waals surface area (Å²) >= 11 is 0. The number of nitrogens with zero attached hydrogens (tertiary/aromatic N) is 1. The number of ether oxygens (including phenoxy) is 1. The summed E-state index contributed by atoms with van der Waals surface area (Å²) in [4.78, 5) is 23.5. The van der Waals surface area contributed by atoms with Gasteiger partial charge in [-0.3, -0.25) is 9.59 Å². The van der Waals surface area contributed by atoms with Crippen molar-refractivity contribution in [1.29, 1.82) is 0 Å². The molecule has 0 unspecified atom stereocenters. The van der Waals surface area contributed by atoms with Gasteiger partial charge in [-0.2, -0.15) is 5.10 Å². The average Bonchev–Trinajstić information content (AvgIpc) is 2.77. The Morgan fingerprint density at radius 1 is 0.900 bits per heavy atom. The number of rotatable bonds is 7. The van der Waals surface area contributed by atoms with Crippen LogP contribution in [0.15, 0.2) is 84.0 Å². The molecule has 0 aromatic heterocycles. The number of benzene rings is 3. The molecule has 0 fully saturated rings. The van der Waals surface area contributed by atoms with E-state index in [0.29, 0.717) is 11.3 Å². The van der Waals surface area contributed by atoms with Crippen molar-refractivity contribution in [2.75, 3.05) is 0 Å². The molecule has 3 rings (SSSR count). The average molecular weight is 405 g/mol. The number of amides is 2. The third-order valence-electron chi connectivity index (χ3n) is 4.06. The first-order valence-electron chi connectivity index (χ1n) is 9.22. The molecule has 3 aromatic carbocycles. The van der Waals surface area contributed by atoms with E-state index in [4.69, 9.17) is 4.74 Å². The summed E-state index contributed by atoms with van der Waals surface area (Å²) in [7, 11) is 0. The molecule has 0 saturated heterocycles. The van der Waals surface area contributed by atoms with Crippen LogP contribution in [0.5, 0.6) is 5.75 Å². The number of carbonyl (C=O) groups excluding carboxylic acids is 2. The van der Waals surface area contributed by atoms with E-state index < -0.39 is 11.8 Å². The van der Waals surface area contributed by atoms with E-state index in [9.17, 15) is 14.0 Å². The van der Waals surface area contributed by atoms with Crippen LogP contribution in [0.3, 0.4) is 0 Å². The fraction of sp³-hybridized carbons (Fsp3) is 0.0870. The molecule has 0 aliphatic rings. The summed E-state index contributed by atoms with van der Waals surface area (Å²) in [6.07, 6.45) is 1.42. The normalized spacial score (nSPS) is 10.6. The Morgan fingerprint density at radius 3 is 2.37 bits per heavy atom. The van der Waals surface area contributed by atoms with E-state index in [1.54, 1.807) is 36.4 Å². The lowest BCUT2D eigenvalue weighted by Crippen LogP contribution is -2.37. The van der Waals surface area contributed by atoms with Gasteiger partial charge in [-0.1, -0.05) is 42.5 Å². The van der Waals surface area contributed by atoms with Crippen LogP contribution in [0.4, 0.5) is 4.39 Å². The quantitative estimate of drug-likeness (QED) is 0.360. The zero-order chi connectivity index (χ0) is 21.2. The number of hydrogen-bond donors (Lipinski definition) is 2. The molecule has 2 N–H and O–H groups in total. The van der Waals surface area contributed by atoms with Crippen molar-refractivity contribution in [2.24, 2.45) is 5.10 Å². The minimum Gasteiger partial charge on any atom is -0.489 e. The van der Waals surface area contributed by atoms with Gasteiger partial charge in [0.1, 0.15) is 18.2 Å². The molecule has 2 amide bonds. The van der Waals surface area contributed by atoms with Gasteiger partial charge >= 0.3 is 11.8 Å². The van der Waals surface area contributed by atoms with Crippen molar-refractivity contribution in [3.8, 4) is 5.75 Å². The topological polar surface area (TPSA) is 79.8 Å². The SMILES string of the molecule is O=C(NCc1ccccc1)C(=O)N/N=C\c1ccc(OCc2cccc(F)c2)cc1.